The van der Waals surface area contributed by atoms with Crippen LogP contribution in [-0.4, -0.2) is 57.5 Å². The summed E-state index contributed by atoms with van der Waals surface area (Å²) in [4.78, 5) is 24.3. The number of carbonyl (C=O) groups is 2. The maximum atomic E-state index is 13.6. The number of esters is 1. The maximum absolute atomic E-state index is 13.6. The summed E-state index contributed by atoms with van der Waals surface area (Å²) in [7, 11) is -3.82. The van der Waals surface area contributed by atoms with Gasteiger partial charge in [-0.25, -0.2) is 22.0 Å². The van der Waals surface area contributed by atoms with Crippen molar-refractivity contribution in [1.29, 1.82) is 0 Å². The number of aryl methyl sites for hydroxylation is 1. The Bertz CT molecular complexity index is 1100. The molecule has 1 aliphatic heterocycles. The van der Waals surface area contributed by atoms with Crippen molar-refractivity contribution in [2.75, 3.05) is 38.2 Å². The molecule has 0 atom stereocenters. The Kier molecular flexibility index (Phi) is 6.98. The van der Waals surface area contributed by atoms with Crippen molar-refractivity contribution in [2.45, 2.75) is 11.8 Å². The van der Waals surface area contributed by atoms with Gasteiger partial charge < -0.3 is 14.8 Å². The number of benzene rings is 2. The van der Waals surface area contributed by atoms with E-state index in [9.17, 15) is 26.8 Å². The van der Waals surface area contributed by atoms with E-state index in [0.29, 0.717) is 11.6 Å². The van der Waals surface area contributed by atoms with Crippen LogP contribution in [0.25, 0.3) is 0 Å². The summed E-state index contributed by atoms with van der Waals surface area (Å²) < 4.78 is 63.5. The van der Waals surface area contributed by atoms with E-state index in [1.807, 2.05) is 0 Å². The fourth-order valence-electron chi connectivity index (χ4n) is 2.90. The van der Waals surface area contributed by atoms with E-state index in [-0.39, 0.29) is 42.4 Å². The summed E-state index contributed by atoms with van der Waals surface area (Å²) in [5.41, 5.74) is 0.170. The Morgan fingerprint density at radius 3 is 2.52 bits per heavy atom. The highest BCUT2D eigenvalue weighted by Crippen LogP contribution is 2.21. The Balaban J connectivity index is 1.68. The van der Waals surface area contributed by atoms with Gasteiger partial charge in [0.15, 0.2) is 6.61 Å². The number of morpholine rings is 1. The number of nitrogens with one attached hydrogen (secondary N) is 1. The van der Waals surface area contributed by atoms with Crippen LogP contribution in [0.3, 0.4) is 0 Å². The highest BCUT2D eigenvalue weighted by molar-refractivity contribution is 7.89. The fourth-order valence-corrected chi connectivity index (χ4v) is 4.34. The van der Waals surface area contributed by atoms with Crippen molar-refractivity contribution in [3.05, 3.63) is 59.2 Å². The summed E-state index contributed by atoms with van der Waals surface area (Å²) in [6, 6.07) is 6.66. The Morgan fingerprint density at radius 1 is 1.13 bits per heavy atom. The van der Waals surface area contributed by atoms with Crippen molar-refractivity contribution in [3.8, 4) is 0 Å². The Morgan fingerprint density at radius 2 is 1.84 bits per heavy atom. The minimum absolute atomic E-state index is 0.0184. The molecule has 3 rings (SSSR count). The van der Waals surface area contributed by atoms with Gasteiger partial charge in [-0.15, -0.1) is 0 Å². The van der Waals surface area contributed by atoms with Crippen molar-refractivity contribution in [2.24, 2.45) is 0 Å². The van der Waals surface area contributed by atoms with E-state index in [0.717, 1.165) is 12.1 Å². The molecule has 8 nitrogen and oxygen atoms in total. The quantitative estimate of drug-likeness (QED) is 0.671. The van der Waals surface area contributed by atoms with Gasteiger partial charge in [-0.3, -0.25) is 4.79 Å². The molecule has 11 heteroatoms. The first-order valence-corrected chi connectivity index (χ1v) is 10.7. The number of amides is 1. The first-order valence-electron chi connectivity index (χ1n) is 9.29. The van der Waals surface area contributed by atoms with Gasteiger partial charge in [0.1, 0.15) is 11.6 Å². The summed E-state index contributed by atoms with van der Waals surface area (Å²) >= 11 is 0. The lowest BCUT2D eigenvalue weighted by atomic mass is 10.1. The number of carbonyl (C=O) groups excluding carboxylic acids is 2. The molecular weight excluding hydrogens is 434 g/mol. The molecule has 0 saturated carbocycles. The normalized spacial score (nSPS) is 14.8. The van der Waals surface area contributed by atoms with Gasteiger partial charge >= 0.3 is 5.97 Å². The third-order valence-corrected chi connectivity index (χ3v) is 6.47. The number of nitrogens with zero attached hydrogens (tertiary/aromatic N) is 1. The second-order valence-corrected chi connectivity index (χ2v) is 8.68. The topological polar surface area (TPSA) is 102 Å². The lowest BCUT2D eigenvalue weighted by Crippen LogP contribution is -2.40. The molecule has 0 unspecified atom stereocenters. The van der Waals surface area contributed by atoms with E-state index in [1.54, 1.807) is 6.92 Å². The van der Waals surface area contributed by atoms with E-state index in [4.69, 9.17) is 9.47 Å². The number of halogens is 2. The van der Waals surface area contributed by atoms with E-state index in [2.05, 4.69) is 5.32 Å². The van der Waals surface area contributed by atoms with Crippen LogP contribution in [0.15, 0.2) is 41.3 Å². The predicted octanol–water partition coefficient (Wildman–Crippen LogP) is 2.09. The molecule has 1 amide bonds. The molecule has 0 aromatic heterocycles. The van der Waals surface area contributed by atoms with Crippen LogP contribution in [0.2, 0.25) is 0 Å². The van der Waals surface area contributed by atoms with Crippen LogP contribution < -0.4 is 5.32 Å². The minimum Gasteiger partial charge on any atom is -0.452 e. The highest BCUT2D eigenvalue weighted by Gasteiger charge is 2.27. The Labute approximate surface area is 177 Å². The van der Waals surface area contributed by atoms with E-state index in [1.165, 1.54) is 22.5 Å². The third kappa shape index (κ3) is 5.43. The second kappa shape index (κ2) is 9.50. The van der Waals surface area contributed by atoms with Gasteiger partial charge in [0.05, 0.1) is 29.4 Å². The number of ether oxygens (including phenoxy) is 2. The standard InChI is InChI=1S/C20H20F2N2O6S/c1-13-2-4-15(31(27,28)24-6-8-29-9-7-24)11-16(13)20(26)30-12-19(25)23-18-5-3-14(21)10-17(18)22/h2-5,10-11H,6-9,12H2,1H3,(H,23,25). The molecule has 0 bridgehead atoms. The van der Waals surface area contributed by atoms with Gasteiger partial charge in [0.25, 0.3) is 5.91 Å². The summed E-state index contributed by atoms with van der Waals surface area (Å²) in [5, 5.41) is 2.17. The number of rotatable bonds is 6. The molecule has 31 heavy (non-hydrogen) atoms. The van der Waals surface area contributed by atoms with Crippen LogP contribution >= 0.6 is 0 Å². The molecule has 1 fully saturated rings. The van der Waals surface area contributed by atoms with Gasteiger partial charge in [-0.1, -0.05) is 6.07 Å². The first kappa shape index (κ1) is 22.8. The Hall–Kier alpha value is -2.89. The summed E-state index contributed by atoms with van der Waals surface area (Å²) in [6.45, 7) is 1.82. The third-order valence-electron chi connectivity index (χ3n) is 4.58. The van der Waals surface area contributed by atoms with E-state index < -0.39 is 40.1 Å². The average Bonchev–Trinajstić information content (AvgIpc) is 2.75. The SMILES string of the molecule is Cc1ccc(S(=O)(=O)N2CCOCC2)cc1C(=O)OCC(=O)Nc1ccc(F)cc1F. The molecule has 0 radical (unpaired) electrons. The lowest BCUT2D eigenvalue weighted by molar-refractivity contribution is -0.119. The largest absolute Gasteiger partial charge is 0.452 e. The first-order chi connectivity index (χ1) is 14.7. The van der Waals surface area contributed by atoms with Crippen LogP contribution in [-0.2, 0) is 24.3 Å². The molecule has 0 aliphatic carbocycles. The maximum Gasteiger partial charge on any atom is 0.338 e. The minimum atomic E-state index is -3.82. The van der Waals surface area contributed by atoms with Gasteiger partial charge in [-0.05, 0) is 36.8 Å². The van der Waals surface area contributed by atoms with Crippen molar-refractivity contribution >= 4 is 27.6 Å². The molecular formula is C20H20F2N2O6S. The second-order valence-electron chi connectivity index (χ2n) is 6.74. The number of hydrogen-bond donors (Lipinski definition) is 1. The van der Waals surface area contributed by atoms with Crippen molar-refractivity contribution in [3.63, 3.8) is 0 Å². The zero-order chi connectivity index (χ0) is 22.6. The molecule has 166 valence electrons. The molecule has 1 aliphatic rings. The van der Waals surface area contributed by atoms with Crippen molar-refractivity contribution < 1.29 is 36.3 Å². The van der Waals surface area contributed by atoms with Gasteiger partial charge in [-0.2, -0.15) is 4.31 Å². The zero-order valence-electron chi connectivity index (χ0n) is 16.6. The summed E-state index contributed by atoms with van der Waals surface area (Å²) in [5.74, 6) is -3.53. The van der Waals surface area contributed by atoms with Crippen LogP contribution in [0.1, 0.15) is 15.9 Å². The smallest absolute Gasteiger partial charge is 0.338 e. The number of sulfonamides is 1. The molecule has 2 aromatic carbocycles. The average molecular weight is 454 g/mol. The van der Waals surface area contributed by atoms with Crippen LogP contribution in [0.5, 0.6) is 0 Å². The molecule has 1 heterocycles. The highest BCUT2D eigenvalue weighted by atomic mass is 32.2. The zero-order valence-corrected chi connectivity index (χ0v) is 17.4. The fraction of sp³-hybridized carbons (Fsp3) is 0.300. The van der Waals surface area contributed by atoms with Crippen LogP contribution in [0, 0.1) is 18.6 Å². The van der Waals surface area contributed by atoms with E-state index >= 15 is 0 Å². The lowest BCUT2D eigenvalue weighted by Gasteiger charge is -2.26. The molecule has 2 aromatic rings. The predicted molar refractivity (Wildman–Crippen MR) is 106 cm³/mol. The molecule has 1 N–H and O–H groups in total. The van der Waals surface area contributed by atoms with Crippen molar-refractivity contribution in [1.82, 2.24) is 4.31 Å². The molecule has 1 saturated heterocycles. The van der Waals surface area contributed by atoms with Gasteiger partial charge in [0.2, 0.25) is 10.0 Å². The summed E-state index contributed by atoms with van der Waals surface area (Å²) in [6.07, 6.45) is 0. The van der Waals surface area contributed by atoms with Crippen LogP contribution in [0.4, 0.5) is 14.5 Å². The number of anilines is 1. The molecule has 0 spiro atoms. The van der Waals surface area contributed by atoms with Gasteiger partial charge in [0, 0.05) is 19.2 Å². The number of hydrogen-bond acceptors (Lipinski definition) is 6. The monoisotopic (exact) mass is 454 g/mol.